The van der Waals surface area contributed by atoms with E-state index in [-0.39, 0.29) is 17.9 Å². The summed E-state index contributed by atoms with van der Waals surface area (Å²) in [4.78, 5) is 15.0. The molecular formula is C10H16N4O3S. The fourth-order valence-corrected chi connectivity index (χ4v) is 1.95. The Labute approximate surface area is 106 Å². The largest absolute Gasteiger partial charge is 0.368 e. The van der Waals surface area contributed by atoms with Gasteiger partial charge < -0.3 is 11.1 Å². The van der Waals surface area contributed by atoms with Crippen LogP contribution in [0.15, 0.2) is 18.3 Å². The van der Waals surface area contributed by atoms with Gasteiger partial charge in [-0.1, -0.05) is 0 Å². The van der Waals surface area contributed by atoms with Gasteiger partial charge in [-0.25, -0.2) is 17.7 Å². The number of amides is 1. The molecule has 0 radical (unpaired) electrons. The quantitative estimate of drug-likeness (QED) is 0.725. The molecule has 18 heavy (non-hydrogen) atoms. The highest BCUT2D eigenvalue weighted by molar-refractivity contribution is 7.89. The minimum absolute atomic E-state index is 0.0885. The van der Waals surface area contributed by atoms with Crippen LogP contribution in [0.5, 0.6) is 0 Å². The van der Waals surface area contributed by atoms with Gasteiger partial charge in [0.1, 0.15) is 5.82 Å². The number of nitrogens with two attached hydrogens (primary N) is 1. The lowest BCUT2D eigenvalue weighted by atomic mass is 10.2. The number of nitrogens with zero attached hydrogens (tertiary/aromatic N) is 2. The lowest BCUT2D eigenvalue weighted by Crippen LogP contribution is -2.29. The molecule has 0 bridgehead atoms. The molecule has 0 fully saturated rings. The van der Waals surface area contributed by atoms with E-state index in [0.717, 1.165) is 4.31 Å². The molecule has 1 amide bonds. The first-order chi connectivity index (χ1) is 8.34. The van der Waals surface area contributed by atoms with E-state index in [0.29, 0.717) is 5.82 Å². The van der Waals surface area contributed by atoms with Gasteiger partial charge in [0.15, 0.2) is 0 Å². The summed E-state index contributed by atoms with van der Waals surface area (Å²) in [6.07, 6.45) is 1.50. The summed E-state index contributed by atoms with van der Waals surface area (Å²) in [5.74, 6) is -0.408. The van der Waals surface area contributed by atoms with Crippen molar-refractivity contribution in [1.82, 2.24) is 9.29 Å². The van der Waals surface area contributed by atoms with Crippen LogP contribution >= 0.6 is 0 Å². The molecule has 1 aromatic rings. The molecule has 0 unspecified atom stereocenters. The van der Waals surface area contributed by atoms with Crippen molar-refractivity contribution >= 4 is 21.7 Å². The van der Waals surface area contributed by atoms with Gasteiger partial charge in [-0.15, -0.1) is 0 Å². The third-order valence-electron chi connectivity index (χ3n) is 2.28. The van der Waals surface area contributed by atoms with Crippen LogP contribution < -0.4 is 11.1 Å². The predicted molar refractivity (Wildman–Crippen MR) is 68.7 cm³/mol. The zero-order valence-electron chi connectivity index (χ0n) is 10.3. The summed E-state index contributed by atoms with van der Waals surface area (Å²) < 4.78 is 24.2. The number of pyridine rings is 1. The number of carbonyl (C=O) groups excluding carboxylic acids is 1. The van der Waals surface area contributed by atoms with Gasteiger partial charge in [0.2, 0.25) is 10.0 Å². The van der Waals surface area contributed by atoms with E-state index >= 15 is 0 Å². The number of primary amides is 1. The first-order valence-electron chi connectivity index (χ1n) is 5.23. The highest BCUT2D eigenvalue weighted by atomic mass is 32.2. The number of carbonyl (C=O) groups is 1. The van der Waals surface area contributed by atoms with Crippen LogP contribution in [-0.2, 0) is 10.0 Å². The molecule has 0 aliphatic carbocycles. The average molecular weight is 272 g/mol. The topological polar surface area (TPSA) is 105 Å². The minimum Gasteiger partial charge on any atom is -0.368 e. The average Bonchev–Trinajstić information content (AvgIpc) is 2.29. The number of aromatic nitrogens is 1. The second-order valence-electron chi connectivity index (χ2n) is 3.79. The van der Waals surface area contributed by atoms with Crippen LogP contribution in [0.1, 0.15) is 10.4 Å². The maximum atomic E-state index is 11.5. The third kappa shape index (κ3) is 3.67. The van der Waals surface area contributed by atoms with Crippen LogP contribution in [0, 0.1) is 0 Å². The van der Waals surface area contributed by atoms with Crippen molar-refractivity contribution in [2.45, 2.75) is 0 Å². The fraction of sp³-hybridized carbons (Fsp3) is 0.400. The molecule has 1 heterocycles. The normalized spacial score (nSPS) is 11.5. The first-order valence-corrected chi connectivity index (χ1v) is 6.84. The van der Waals surface area contributed by atoms with Crippen molar-refractivity contribution < 1.29 is 13.2 Å². The molecule has 0 saturated heterocycles. The standard InChI is InChI=1S/C10H16N4O3S/c1-14(2)18(16,17)7-6-13-10-8(9(11)15)4-3-5-12-10/h3-5H,6-7H2,1-2H3,(H2,11,15)(H,12,13). The molecule has 0 atom stereocenters. The minimum atomic E-state index is -3.27. The maximum Gasteiger partial charge on any atom is 0.252 e. The summed E-state index contributed by atoms with van der Waals surface area (Å²) in [5.41, 5.74) is 5.41. The van der Waals surface area contributed by atoms with E-state index in [2.05, 4.69) is 10.3 Å². The van der Waals surface area contributed by atoms with Crippen molar-refractivity contribution in [2.75, 3.05) is 31.7 Å². The van der Waals surface area contributed by atoms with E-state index in [1.165, 1.54) is 26.4 Å². The van der Waals surface area contributed by atoms with Crippen molar-refractivity contribution in [3.05, 3.63) is 23.9 Å². The van der Waals surface area contributed by atoms with Gasteiger partial charge in [0.25, 0.3) is 5.91 Å². The molecule has 0 spiro atoms. The molecule has 1 aromatic heterocycles. The fourth-order valence-electron chi connectivity index (χ4n) is 1.23. The zero-order chi connectivity index (χ0) is 13.8. The SMILES string of the molecule is CN(C)S(=O)(=O)CCNc1ncccc1C(N)=O. The Balaban J connectivity index is 2.68. The smallest absolute Gasteiger partial charge is 0.252 e. The lowest BCUT2D eigenvalue weighted by Gasteiger charge is -2.12. The summed E-state index contributed by atoms with van der Waals surface area (Å²) in [6.45, 7) is 0.151. The molecule has 1 rings (SSSR count). The Bertz CT molecular complexity index is 528. The number of nitrogens with one attached hydrogen (secondary N) is 1. The van der Waals surface area contributed by atoms with Crippen LogP contribution in [0.2, 0.25) is 0 Å². The molecule has 3 N–H and O–H groups in total. The molecule has 0 aromatic carbocycles. The van der Waals surface area contributed by atoms with Crippen molar-refractivity contribution in [3.8, 4) is 0 Å². The van der Waals surface area contributed by atoms with Gasteiger partial charge in [0, 0.05) is 26.8 Å². The van der Waals surface area contributed by atoms with Gasteiger partial charge in [-0.3, -0.25) is 4.79 Å². The van der Waals surface area contributed by atoms with Crippen LogP contribution in [0.4, 0.5) is 5.82 Å². The summed E-state index contributed by atoms with van der Waals surface area (Å²) in [6, 6.07) is 3.11. The number of hydrogen-bond acceptors (Lipinski definition) is 5. The Morgan fingerprint density at radius 1 is 1.50 bits per heavy atom. The highest BCUT2D eigenvalue weighted by Crippen LogP contribution is 2.10. The predicted octanol–water partition coefficient (Wildman–Crippen LogP) is -0.516. The monoisotopic (exact) mass is 272 g/mol. The number of sulfonamides is 1. The van der Waals surface area contributed by atoms with Crippen LogP contribution in [0.3, 0.4) is 0 Å². The lowest BCUT2D eigenvalue weighted by molar-refractivity contribution is 0.100. The van der Waals surface area contributed by atoms with E-state index in [1.54, 1.807) is 6.07 Å². The van der Waals surface area contributed by atoms with Crippen LogP contribution in [0.25, 0.3) is 0 Å². The van der Waals surface area contributed by atoms with Gasteiger partial charge >= 0.3 is 0 Å². The molecular weight excluding hydrogens is 256 g/mol. The maximum absolute atomic E-state index is 11.5. The highest BCUT2D eigenvalue weighted by Gasteiger charge is 2.14. The molecule has 100 valence electrons. The third-order valence-corrected chi connectivity index (χ3v) is 4.11. The number of anilines is 1. The Morgan fingerprint density at radius 3 is 2.72 bits per heavy atom. The summed E-state index contributed by atoms with van der Waals surface area (Å²) >= 11 is 0. The number of hydrogen-bond donors (Lipinski definition) is 2. The first kappa shape index (κ1) is 14.4. The van der Waals surface area contributed by atoms with Crippen LogP contribution in [-0.4, -0.2) is 50.0 Å². The van der Waals surface area contributed by atoms with E-state index < -0.39 is 15.9 Å². The van der Waals surface area contributed by atoms with E-state index in [4.69, 9.17) is 5.73 Å². The van der Waals surface area contributed by atoms with Crippen molar-refractivity contribution in [2.24, 2.45) is 5.73 Å². The van der Waals surface area contributed by atoms with E-state index in [1.807, 2.05) is 0 Å². The molecule has 7 nitrogen and oxygen atoms in total. The van der Waals surface area contributed by atoms with Gasteiger partial charge in [-0.2, -0.15) is 0 Å². The second-order valence-corrected chi connectivity index (χ2v) is 6.09. The second kappa shape index (κ2) is 5.78. The summed E-state index contributed by atoms with van der Waals surface area (Å²) in [7, 11) is -0.348. The molecule has 8 heteroatoms. The molecule has 0 aliphatic heterocycles. The Kier molecular flexibility index (Phi) is 4.62. The Hall–Kier alpha value is -1.67. The zero-order valence-corrected chi connectivity index (χ0v) is 11.1. The Morgan fingerprint density at radius 2 is 2.17 bits per heavy atom. The molecule has 0 saturated carbocycles. The van der Waals surface area contributed by atoms with Crippen molar-refractivity contribution in [1.29, 1.82) is 0 Å². The number of rotatable bonds is 6. The van der Waals surface area contributed by atoms with Gasteiger partial charge in [-0.05, 0) is 12.1 Å². The van der Waals surface area contributed by atoms with E-state index in [9.17, 15) is 13.2 Å². The summed E-state index contributed by atoms with van der Waals surface area (Å²) in [5, 5.41) is 2.79. The van der Waals surface area contributed by atoms with Gasteiger partial charge in [0.05, 0.1) is 11.3 Å². The molecule has 0 aliphatic rings. The van der Waals surface area contributed by atoms with Crippen molar-refractivity contribution in [3.63, 3.8) is 0 Å².